The number of hydrogen-bond donors (Lipinski definition) is 1. The molecule has 0 atom stereocenters. The van der Waals surface area contributed by atoms with Crippen molar-refractivity contribution in [3.05, 3.63) is 33.6 Å². The van der Waals surface area contributed by atoms with Crippen molar-refractivity contribution in [3.63, 3.8) is 0 Å². The van der Waals surface area contributed by atoms with Crippen LogP contribution in [0.25, 0.3) is 0 Å². The Morgan fingerprint density at radius 3 is 2.42 bits per heavy atom. The minimum atomic E-state index is -0.707. The van der Waals surface area contributed by atoms with Gasteiger partial charge in [-0.2, -0.15) is 0 Å². The summed E-state index contributed by atoms with van der Waals surface area (Å²) in [6.45, 7) is 7.68. The van der Waals surface area contributed by atoms with Crippen LogP contribution in [0.2, 0.25) is 0 Å². The van der Waals surface area contributed by atoms with Crippen molar-refractivity contribution in [3.8, 4) is 0 Å². The first kappa shape index (κ1) is 21.9. The number of benzene rings is 1. The Labute approximate surface area is 154 Å². The summed E-state index contributed by atoms with van der Waals surface area (Å²) in [4.78, 5) is 24.8. The van der Waals surface area contributed by atoms with Gasteiger partial charge in [0.1, 0.15) is 5.56 Å². The van der Waals surface area contributed by atoms with Crippen molar-refractivity contribution in [1.29, 1.82) is 0 Å². The number of nitro groups is 1. The maximum absolute atomic E-state index is 14.4. The monoisotopic (exact) mass is 367 g/mol. The zero-order valence-electron chi connectivity index (χ0n) is 16.0. The standard InChI is InChI=1S/C19H30FN3O3/c1-4-7-9-10-11-21-19(24)15-13-18(22(6-3)12-8-5-2)16(20)14-17(15)23(25)26/h13-14H,4-12H2,1-3H3,(H,21,24). The average Bonchev–Trinajstić information content (AvgIpc) is 2.62. The van der Waals surface area contributed by atoms with Crippen LogP contribution in [0.1, 0.15) is 69.7 Å². The third kappa shape index (κ3) is 6.28. The lowest BCUT2D eigenvalue weighted by Gasteiger charge is -2.24. The third-order valence-corrected chi connectivity index (χ3v) is 4.33. The number of hydrogen-bond acceptors (Lipinski definition) is 4. The zero-order chi connectivity index (χ0) is 19.5. The topological polar surface area (TPSA) is 75.5 Å². The number of nitrogens with zero attached hydrogens (tertiary/aromatic N) is 2. The fraction of sp³-hybridized carbons (Fsp3) is 0.632. The van der Waals surface area contributed by atoms with Gasteiger partial charge in [0.2, 0.25) is 0 Å². The first-order valence-corrected chi connectivity index (χ1v) is 9.47. The van der Waals surface area contributed by atoms with Crippen LogP contribution in [-0.4, -0.2) is 30.5 Å². The van der Waals surface area contributed by atoms with Crippen LogP contribution < -0.4 is 10.2 Å². The largest absolute Gasteiger partial charge is 0.369 e. The van der Waals surface area contributed by atoms with Gasteiger partial charge in [0.25, 0.3) is 11.6 Å². The number of carbonyl (C=O) groups excluding carboxylic acids is 1. The number of carbonyl (C=O) groups is 1. The molecule has 1 aromatic carbocycles. The highest BCUT2D eigenvalue weighted by molar-refractivity contribution is 5.99. The lowest BCUT2D eigenvalue weighted by molar-refractivity contribution is -0.385. The number of anilines is 1. The van der Waals surface area contributed by atoms with Crippen LogP contribution >= 0.6 is 0 Å². The third-order valence-electron chi connectivity index (χ3n) is 4.33. The lowest BCUT2D eigenvalue weighted by atomic mass is 10.1. The predicted molar refractivity (Wildman–Crippen MR) is 102 cm³/mol. The molecule has 1 N–H and O–H groups in total. The minimum absolute atomic E-state index is 0.0863. The summed E-state index contributed by atoms with van der Waals surface area (Å²) in [6, 6.07) is 2.17. The van der Waals surface area contributed by atoms with Gasteiger partial charge in [0.05, 0.1) is 16.7 Å². The average molecular weight is 367 g/mol. The van der Waals surface area contributed by atoms with E-state index < -0.39 is 22.3 Å². The Bertz CT molecular complexity index is 608. The van der Waals surface area contributed by atoms with Gasteiger partial charge < -0.3 is 10.2 Å². The highest BCUT2D eigenvalue weighted by Crippen LogP contribution is 2.29. The molecular formula is C19H30FN3O3. The summed E-state index contributed by atoms with van der Waals surface area (Å²) < 4.78 is 14.4. The fourth-order valence-corrected chi connectivity index (χ4v) is 2.77. The molecule has 26 heavy (non-hydrogen) atoms. The predicted octanol–water partition coefficient (Wildman–Crippen LogP) is 4.67. The fourth-order valence-electron chi connectivity index (χ4n) is 2.77. The Morgan fingerprint density at radius 2 is 1.85 bits per heavy atom. The number of nitrogens with one attached hydrogen (secondary N) is 1. The molecule has 0 aromatic heterocycles. The normalized spacial score (nSPS) is 10.6. The van der Waals surface area contributed by atoms with Crippen molar-refractivity contribution >= 4 is 17.3 Å². The number of amides is 1. The first-order valence-electron chi connectivity index (χ1n) is 9.47. The highest BCUT2D eigenvalue weighted by Gasteiger charge is 2.25. The first-order chi connectivity index (χ1) is 12.5. The summed E-state index contributed by atoms with van der Waals surface area (Å²) >= 11 is 0. The summed E-state index contributed by atoms with van der Waals surface area (Å²) in [6.07, 6.45) is 5.82. The van der Waals surface area contributed by atoms with Gasteiger partial charge in [-0.25, -0.2) is 4.39 Å². The SMILES string of the molecule is CCCCCCNC(=O)c1cc(N(CC)CCCC)c(F)cc1[N+](=O)[O-]. The Kier molecular flexibility index (Phi) is 9.62. The van der Waals surface area contributed by atoms with Gasteiger partial charge in [-0.15, -0.1) is 0 Å². The second kappa shape index (κ2) is 11.4. The van der Waals surface area contributed by atoms with Crippen molar-refractivity contribution in [2.24, 2.45) is 0 Å². The van der Waals surface area contributed by atoms with Crippen LogP contribution in [0.3, 0.4) is 0 Å². The second-order valence-electron chi connectivity index (χ2n) is 6.33. The molecule has 0 saturated carbocycles. The molecule has 0 unspecified atom stereocenters. The Morgan fingerprint density at radius 1 is 1.15 bits per heavy atom. The van der Waals surface area contributed by atoms with E-state index in [9.17, 15) is 19.3 Å². The molecule has 0 heterocycles. The molecule has 1 rings (SSSR count). The van der Waals surface area contributed by atoms with Gasteiger partial charge in [-0.05, 0) is 25.8 Å². The molecule has 0 aliphatic carbocycles. The molecule has 146 valence electrons. The Hall–Kier alpha value is -2.18. The quantitative estimate of drug-likeness (QED) is 0.331. The Balaban J connectivity index is 3.04. The van der Waals surface area contributed by atoms with E-state index in [1.54, 1.807) is 4.90 Å². The summed E-state index contributed by atoms with van der Waals surface area (Å²) in [5.74, 6) is -1.20. The number of halogens is 1. The summed E-state index contributed by atoms with van der Waals surface area (Å²) in [7, 11) is 0. The van der Waals surface area contributed by atoms with Gasteiger partial charge >= 0.3 is 0 Å². The molecule has 0 aliphatic heterocycles. The zero-order valence-corrected chi connectivity index (χ0v) is 16.0. The number of unbranched alkanes of at least 4 members (excludes halogenated alkanes) is 4. The van der Waals surface area contributed by atoms with Crippen LogP contribution in [0.5, 0.6) is 0 Å². The molecule has 1 amide bonds. The van der Waals surface area contributed by atoms with E-state index in [0.29, 0.717) is 19.6 Å². The van der Waals surface area contributed by atoms with E-state index >= 15 is 0 Å². The molecule has 0 spiro atoms. The van der Waals surface area contributed by atoms with Crippen LogP contribution in [0.4, 0.5) is 15.8 Å². The molecule has 6 nitrogen and oxygen atoms in total. The number of nitro benzene ring substituents is 1. The van der Waals surface area contributed by atoms with Crippen LogP contribution in [0.15, 0.2) is 12.1 Å². The van der Waals surface area contributed by atoms with Crippen LogP contribution in [0, 0.1) is 15.9 Å². The van der Waals surface area contributed by atoms with Crippen molar-refractivity contribution in [2.75, 3.05) is 24.5 Å². The molecular weight excluding hydrogens is 337 g/mol. The van der Waals surface area contributed by atoms with E-state index in [1.165, 1.54) is 6.07 Å². The van der Waals surface area contributed by atoms with Gasteiger partial charge in [0, 0.05) is 19.6 Å². The molecule has 0 bridgehead atoms. The van der Waals surface area contributed by atoms with E-state index in [4.69, 9.17) is 0 Å². The maximum Gasteiger partial charge on any atom is 0.285 e. The smallest absolute Gasteiger partial charge is 0.285 e. The molecule has 0 saturated heterocycles. The van der Waals surface area contributed by atoms with Crippen LogP contribution in [-0.2, 0) is 0 Å². The maximum atomic E-state index is 14.4. The van der Waals surface area contributed by atoms with Crippen molar-refractivity contribution in [1.82, 2.24) is 5.32 Å². The number of rotatable bonds is 12. The van der Waals surface area contributed by atoms with E-state index in [-0.39, 0.29) is 11.3 Å². The molecule has 0 radical (unpaired) electrons. The molecule has 0 aliphatic rings. The van der Waals surface area contributed by atoms with Gasteiger partial charge in [-0.1, -0.05) is 39.5 Å². The molecule has 7 heteroatoms. The van der Waals surface area contributed by atoms with E-state index in [1.807, 2.05) is 13.8 Å². The minimum Gasteiger partial charge on any atom is -0.369 e. The lowest BCUT2D eigenvalue weighted by Crippen LogP contribution is -2.28. The summed E-state index contributed by atoms with van der Waals surface area (Å²) in [5, 5.41) is 14.0. The van der Waals surface area contributed by atoms with Gasteiger partial charge in [0.15, 0.2) is 5.82 Å². The van der Waals surface area contributed by atoms with E-state index in [0.717, 1.165) is 44.6 Å². The van der Waals surface area contributed by atoms with E-state index in [2.05, 4.69) is 12.2 Å². The second-order valence-corrected chi connectivity index (χ2v) is 6.33. The van der Waals surface area contributed by atoms with Crippen molar-refractivity contribution < 1.29 is 14.1 Å². The summed E-state index contributed by atoms with van der Waals surface area (Å²) in [5.41, 5.74) is -0.344. The molecule has 1 aromatic rings. The molecule has 0 fully saturated rings. The van der Waals surface area contributed by atoms with Gasteiger partial charge in [-0.3, -0.25) is 14.9 Å². The van der Waals surface area contributed by atoms with Crippen molar-refractivity contribution in [2.45, 2.75) is 59.3 Å². The highest BCUT2D eigenvalue weighted by atomic mass is 19.1.